The molecule has 0 spiro atoms. The second-order valence-corrected chi connectivity index (χ2v) is 9.00. The molecule has 0 amide bonds. The van der Waals surface area contributed by atoms with Crippen LogP contribution in [-0.4, -0.2) is 16.0 Å². The fourth-order valence-corrected chi connectivity index (χ4v) is 0. The molecule has 0 atom stereocenters. The van der Waals surface area contributed by atoms with E-state index in [-0.39, 0.29) is 16.0 Å². The van der Waals surface area contributed by atoms with Gasteiger partial charge in [0.2, 0.25) is 0 Å². The van der Waals surface area contributed by atoms with Gasteiger partial charge in [0.1, 0.15) is 0 Å². The Hall–Kier alpha value is 1.73. The van der Waals surface area contributed by atoms with Gasteiger partial charge in [-0.05, 0) is 6.42 Å². The summed E-state index contributed by atoms with van der Waals surface area (Å²) >= 11 is 6.44. The molecule has 0 saturated heterocycles. The number of halogens is 2. The van der Waals surface area contributed by atoms with Crippen molar-refractivity contribution < 1.29 is 0 Å². The molecular weight excluding hydrogens is 232 g/mol. The molecule has 0 fully saturated rings. The van der Waals surface area contributed by atoms with E-state index in [1.54, 1.807) is 0 Å². The Kier molecular flexibility index (Phi) is 25.7. The SMILES string of the molecule is C[CH]CC.[Br][Mg][Br]. The third kappa shape index (κ3) is 34.1. The minimum atomic E-state index is 0.0417. The molecule has 0 aliphatic heterocycles. The maximum Gasteiger partial charge on any atom is 0.560 e. The van der Waals surface area contributed by atoms with Crippen LogP contribution in [0.25, 0.3) is 0 Å². The molecular formula is C4H9Br2Mg. The van der Waals surface area contributed by atoms with Crippen molar-refractivity contribution in [3.63, 3.8) is 0 Å². The van der Waals surface area contributed by atoms with Crippen LogP contribution in [-0.2, 0) is 0 Å². The number of unbranched alkanes of at least 4 members (excludes halogenated alkanes) is 1. The molecule has 0 rings (SSSR count). The maximum absolute atomic E-state index is 3.20. The van der Waals surface area contributed by atoms with Gasteiger partial charge in [0, 0.05) is 0 Å². The molecule has 0 saturated carbocycles. The van der Waals surface area contributed by atoms with Gasteiger partial charge in [0.05, 0.1) is 0 Å². The van der Waals surface area contributed by atoms with Crippen molar-refractivity contribution in [3.05, 3.63) is 6.42 Å². The predicted octanol–water partition coefficient (Wildman–Crippen LogP) is 2.93. The lowest BCUT2D eigenvalue weighted by Gasteiger charge is -1.67. The largest absolute Gasteiger partial charge is 0.560 e. The number of hydrogen-bond acceptors (Lipinski definition) is 0. The summed E-state index contributed by atoms with van der Waals surface area (Å²) in [5.74, 6) is 0. The Balaban J connectivity index is 0. The second-order valence-electron chi connectivity index (χ2n) is 0.918. The average molecular weight is 241 g/mol. The summed E-state index contributed by atoms with van der Waals surface area (Å²) in [7, 11) is 0. The van der Waals surface area contributed by atoms with Gasteiger partial charge in [-0.25, -0.2) is 0 Å². The summed E-state index contributed by atoms with van der Waals surface area (Å²) in [6.45, 7) is 4.18. The van der Waals surface area contributed by atoms with Gasteiger partial charge in [0.15, 0.2) is 0 Å². The molecule has 0 aromatic carbocycles. The van der Waals surface area contributed by atoms with Crippen LogP contribution in [0.15, 0.2) is 0 Å². The van der Waals surface area contributed by atoms with Crippen molar-refractivity contribution in [3.8, 4) is 0 Å². The first kappa shape index (κ1) is 11.5. The third-order valence-corrected chi connectivity index (χ3v) is 0.408. The molecule has 0 aromatic rings. The molecule has 0 aliphatic rings. The average Bonchev–Trinajstić information content (AvgIpc) is 1.69. The monoisotopic (exact) mass is 239 g/mol. The van der Waals surface area contributed by atoms with Gasteiger partial charge in [-0.15, -0.1) is 0 Å². The van der Waals surface area contributed by atoms with Crippen LogP contribution in [0.5, 0.6) is 0 Å². The Bertz CT molecular complexity index is 17.2. The first-order chi connectivity index (χ1) is 3.33. The quantitative estimate of drug-likeness (QED) is 0.619. The smallest absolute Gasteiger partial charge is 0.280 e. The number of rotatable bonds is 1. The Morgan fingerprint density at radius 2 is 1.71 bits per heavy atom. The highest BCUT2D eigenvalue weighted by Crippen LogP contribution is 1.77. The lowest BCUT2D eigenvalue weighted by atomic mass is 10.4. The molecule has 1 radical (unpaired) electrons. The minimum absolute atomic E-state index is 0.0417. The first-order valence-electron chi connectivity index (χ1n) is 2.23. The molecule has 0 unspecified atom stereocenters. The van der Waals surface area contributed by atoms with Crippen LogP contribution in [0.4, 0.5) is 0 Å². The van der Waals surface area contributed by atoms with E-state index in [0.29, 0.717) is 0 Å². The summed E-state index contributed by atoms with van der Waals surface area (Å²) in [5, 5.41) is 0. The fraction of sp³-hybridized carbons (Fsp3) is 0.750. The highest BCUT2D eigenvalue weighted by Gasteiger charge is 1.62. The zero-order valence-electron chi connectivity index (χ0n) is 4.75. The predicted molar refractivity (Wildman–Crippen MR) is 43.9 cm³/mol. The molecule has 0 bridgehead atoms. The summed E-state index contributed by atoms with van der Waals surface area (Å²) in [6.07, 6.45) is 3.32. The lowest BCUT2D eigenvalue weighted by molar-refractivity contribution is 1.10. The van der Waals surface area contributed by atoms with E-state index in [9.17, 15) is 0 Å². The topological polar surface area (TPSA) is 0 Å². The Labute approximate surface area is 67.9 Å². The van der Waals surface area contributed by atoms with Gasteiger partial charge < -0.3 is 0 Å². The molecule has 0 N–H and O–H groups in total. The van der Waals surface area contributed by atoms with Gasteiger partial charge in [0.25, 0.3) is 0 Å². The van der Waals surface area contributed by atoms with Crippen LogP contribution in [0.3, 0.4) is 0 Å². The third-order valence-electron chi connectivity index (χ3n) is 0.408. The van der Waals surface area contributed by atoms with Gasteiger partial charge >= 0.3 is 16.0 Å². The zero-order valence-corrected chi connectivity index (χ0v) is 9.33. The standard InChI is InChI=1S/C4H9.2BrH.Mg/c1-3-4-2;;;/h3H,4H2,1-2H3;2*1H;/q;;;+2/p-2. The molecule has 0 aromatic heterocycles. The summed E-state index contributed by atoms with van der Waals surface area (Å²) in [4.78, 5) is 0. The maximum atomic E-state index is 3.20. The summed E-state index contributed by atoms with van der Waals surface area (Å²) in [6, 6.07) is 0. The number of hydrogen-bond donors (Lipinski definition) is 0. The molecule has 41 valence electrons. The highest BCUT2D eigenvalue weighted by molar-refractivity contribution is 9.47. The van der Waals surface area contributed by atoms with Crippen molar-refractivity contribution in [2.24, 2.45) is 0 Å². The Morgan fingerprint density at radius 3 is 1.71 bits per heavy atom. The summed E-state index contributed by atoms with van der Waals surface area (Å²) in [5.41, 5.74) is 0. The summed E-state index contributed by atoms with van der Waals surface area (Å²) < 4.78 is 0. The van der Waals surface area contributed by atoms with Gasteiger partial charge in [-0.1, -0.05) is 20.3 Å². The van der Waals surface area contributed by atoms with Crippen molar-refractivity contribution in [1.29, 1.82) is 0 Å². The molecule has 0 aliphatic carbocycles. The molecule has 0 heterocycles. The van der Waals surface area contributed by atoms with Crippen LogP contribution < -0.4 is 0 Å². The fourth-order valence-electron chi connectivity index (χ4n) is 0. The van der Waals surface area contributed by atoms with Crippen LogP contribution in [0, 0.1) is 6.42 Å². The van der Waals surface area contributed by atoms with Crippen LogP contribution >= 0.6 is 25.8 Å². The van der Waals surface area contributed by atoms with Gasteiger partial charge in [-0.2, -0.15) is 0 Å². The Morgan fingerprint density at radius 1 is 1.57 bits per heavy atom. The van der Waals surface area contributed by atoms with E-state index >= 15 is 0 Å². The molecule has 3 heteroatoms. The minimum Gasteiger partial charge on any atom is -0.280 e. The van der Waals surface area contributed by atoms with Crippen molar-refractivity contribution in [2.75, 3.05) is 0 Å². The highest BCUT2D eigenvalue weighted by atomic mass is 79.9. The van der Waals surface area contributed by atoms with Crippen LogP contribution in [0.1, 0.15) is 20.3 Å². The normalized spacial score (nSPS) is 5.71. The lowest BCUT2D eigenvalue weighted by Crippen LogP contribution is -1.50. The van der Waals surface area contributed by atoms with E-state index in [0.717, 1.165) is 0 Å². The van der Waals surface area contributed by atoms with Gasteiger partial charge in [-0.3, -0.25) is 25.8 Å². The van der Waals surface area contributed by atoms with Crippen molar-refractivity contribution in [2.45, 2.75) is 20.3 Å². The van der Waals surface area contributed by atoms with Crippen LogP contribution in [0.2, 0.25) is 0 Å². The van der Waals surface area contributed by atoms with E-state index in [2.05, 4.69) is 46.0 Å². The first-order valence-corrected chi connectivity index (χ1v) is 10.0. The molecule has 0 nitrogen and oxygen atoms in total. The van der Waals surface area contributed by atoms with E-state index in [1.165, 1.54) is 6.42 Å². The van der Waals surface area contributed by atoms with E-state index < -0.39 is 0 Å². The molecule has 7 heavy (non-hydrogen) atoms. The zero-order chi connectivity index (χ0) is 6.12. The second kappa shape index (κ2) is 15.6. The van der Waals surface area contributed by atoms with Crippen molar-refractivity contribution in [1.82, 2.24) is 0 Å². The van der Waals surface area contributed by atoms with E-state index in [4.69, 9.17) is 0 Å². The van der Waals surface area contributed by atoms with E-state index in [1.807, 2.05) is 0 Å². The van der Waals surface area contributed by atoms with Crippen molar-refractivity contribution >= 4 is 41.8 Å².